The minimum atomic E-state index is -0.546. The molecular formula is C43H55N11O5. The summed E-state index contributed by atoms with van der Waals surface area (Å²) < 4.78 is 5.51. The molecule has 2 atom stereocenters. The standard InChI is InChI=1S/C43H55N11O5/c1-28(2)38(47-30(4)55)43(58)54-16-14-51(15-17-54)24-29(3)41(56)49-34-6-5-13-52(26-34)25-31-11-12-44-37(22-31)42(57)48-33-9-7-32(8-10-33)36-23-35-39(50-36)45-27-46-40(35)53-18-20-59-21-19-53/h7-12,22-23,27-28,34,38H,3,5-6,13-21,24-26H2,1-2,4H3,(H,47,55)(H,48,57)(H,49,56)(H,45,46,50)/t34-,38+/m1/s1. The first-order chi connectivity index (χ1) is 28.5. The number of morpholine rings is 1. The average Bonchev–Trinajstić information content (AvgIpc) is 3.68. The summed E-state index contributed by atoms with van der Waals surface area (Å²) >= 11 is 0. The van der Waals surface area contributed by atoms with Crippen LogP contribution >= 0.6 is 0 Å². The van der Waals surface area contributed by atoms with E-state index in [4.69, 9.17) is 4.74 Å². The number of rotatable bonds is 13. The number of carbonyl (C=O) groups excluding carboxylic acids is 4. The van der Waals surface area contributed by atoms with Crippen LogP contribution in [0.3, 0.4) is 0 Å². The predicted octanol–water partition coefficient (Wildman–Crippen LogP) is 3.05. The van der Waals surface area contributed by atoms with Gasteiger partial charge in [0.05, 0.1) is 18.6 Å². The van der Waals surface area contributed by atoms with Gasteiger partial charge in [-0.3, -0.25) is 34.0 Å². The number of likely N-dealkylation sites (tertiary alicyclic amines) is 1. The monoisotopic (exact) mass is 805 g/mol. The number of nitrogens with one attached hydrogen (secondary N) is 4. The van der Waals surface area contributed by atoms with E-state index in [-0.39, 0.29) is 35.6 Å². The molecule has 3 aliphatic heterocycles. The highest BCUT2D eigenvalue weighted by atomic mass is 16.5. The molecule has 16 heteroatoms. The van der Waals surface area contributed by atoms with E-state index < -0.39 is 6.04 Å². The molecule has 0 aliphatic carbocycles. The summed E-state index contributed by atoms with van der Waals surface area (Å²) in [6.07, 6.45) is 5.04. The summed E-state index contributed by atoms with van der Waals surface area (Å²) in [5, 5.41) is 9.91. The van der Waals surface area contributed by atoms with Crippen LogP contribution in [0.5, 0.6) is 0 Å². The third kappa shape index (κ3) is 10.5. The Bertz CT molecular complexity index is 2140. The molecule has 0 radical (unpaired) electrons. The van der Waals surface area contributed by atoms with Gasteiger partial charge in [-0.25, -0.2) is 9.97 Å². The Morgan fingerprint density at radius 2 is 1.69 bits per heavy atom. The van der Waals surface area contributed by atoms with Gasteiger partial charge in [-0.15, -0.1) is 0 Å². The van der Waals surface area contributed by atoms with Crippen LogP contribution in [0.4, 0.5) is 11.5 Å². The molecule has 0 spiro atoms. The van der Waals surface area contributed by atoms with Crippen molar-refractivity contribution in [2.45, 2.75) is 52.2 Å². The van der Waals surface area contributed by atoms with Crippen molar-refractivity contribution in [1.29, 1.82) is 0 Å². The molecule has 59 heavy (non-hydrogen) atoms. The number of H-pyrrole nitrogens is 1. The van der Waals surface area contributed by atoms with Crippen LogP contribution in [0, 0.1) is 5.92 Å². The lowest BCUT2D eigenvalue weighted by Gasteiger charge is -2.37. The van der Waals surface area contributed by atoms with Crippen LogP contribution in [-0.2, 0) is 25.7 Å². The fraction of sp³-hybridized carbons (Fsp3) is 0.465. The maximum atomic E-state index is 13.3. The minimum absolute atomic E-state index is 0.0151. The Balaban J connectivity index is 0.872. The molecule has 3 saturated heterocycles. The van der Waals surface area contributed by atoms with Crippen molar-refractivity contribution in [3.05, 3.63) is 78.4 Å². The Morgan fingerprint density at radius 3 is 2.42 bits per heavy atom. The smallest absolute Gasteiger partial charge is 0.274 e. The van der Waals surface area contributed by atoms with Gasteiger partial charge in [-0.1, -0.05) is 32.6 Å². The Hall–Kier alpha value is -5.71. The molecule has 3 aliphatic rings. The number of nitrogens with zero attached hydrogens (tertiary/aromatic N) is 7. The quantitative estimate of drug-likeness (QED) is 0.146. The predicted molar refractivity (Wildman–Crippen MR) is 226 cm³/mol. The molecule has 0 unspecified atom stereocenters. The van der Waals surface area contributed by atoms with Crippen molar-refractivity contribution in [2.75, 3.05) is 82.3 Å². The van der Waals surface area contributed by atoms with E-state index in [0.717, 1.165) is 66.1 Å². The highest BCUT2D eigenvalue weighted by Crippen LogP contribution is 2.30. The summed E-state index contributed by atoms with van der Waals surface area (Å²) in [7, 11) is 0. The summed E-state index contributed by atoms with van der Waals surface area (Å²) in [4.78, 5) is 76.5. The molecular weight excluding hydrogens is 751 g/mol. The first-order valence-corrected chi connectivity index (χ1v) is 20.5. The van der Waals surface area contributed by atoms with Crippen LogP contribution in [0.1, 0.15) is 49.7 Å². The zero-order chi connectivity index (χ0) is 41.5. The molecule has 4 aromatic rings. The molecule has 6 heterocycles. The molecule has 312 valence electrons. The lowest BCUT2D eigenvalue weighted by molar-refractivity contribution is -0.138. The average molecular weight is 806 g/mol. The van der Waals surface area contributed by atoms with E-state index in [0.29, 0.717) is 76.0 Å². The maximum absolute atomic E-state index is 13.3. The van der Waals surface area contributed by atoms with E-state index in [9.17, 15) is 19.2 Å². The number of carbonyl (C=O) groups is 4. The summed E-state index contributed by atoms with van der Waals surface area (Å²) in [5.41, 5.74) is 5.07. The van der Waals surface area contributed by atoms with Crippen molar-refractivity contribution < 1.29 is 23.9 Å². The fourth-order valence-electron chi connectivity index (χ4n) is 7.99. The van der Waals surface area contributed by atoms with Gasteiger partial charge in [0, 0.05) is 95.0 Å². The van der Waals surface area contributed by atoms with E-state index in [2.05, 4.69) is 63.2 Å². The number of piperazine rings is 1. The number of pyridine rings is 1. The number of aromatic amines is 1. The van der Waals surface area contributed by atoms with E-state index in [1.54, 1.807) is 17.4 Å². The lowest BCUT2D eigenvalue weighted by Crippen LogP contribution is -2.56. The highest BCUT2D eigenvalue weighted by Gasteiger charge is 2.31. The molecule has 4 amide bonds. The summed E-state index contributed by atoms with van der Waals surface area (Å²) in [6, 6.07) is 12.9. The van der Waals surface area contributed by atoms with Crippen molar-refractivity contribution in [3.8, 4) is 11.3 Å². The molecule has 0 saturated carbocycles. The van der Waals surface area contributed by atoms with Crippen LogP contribution in [-0.4, -0.2) is 142 Å². The Morgan fingerprint density at radius 1 is 0.932 bits per heavy atom. The van der Waals surface area contributed by atoms with Crippen molar-refractivity contribution in [3.63, 3.8) is 0 Å². The van der Waals surface area contributed by atoms with E-state index in [1.807, 2.05) is 50.2 Å². The molecule has 4 N–H and O–H groups in total. The third-order valence-corrected chi connectivity index (χ3v) is 11.2. The lowest BCUT2D eigenvalue weighted by atomic mass is 10.0. The normalized spacial score (nSPS) is 18.4. The Kier molecular flexibility index (Phi) is 13.3. The number of piperidine rings is 1. The second-order valence-electron chi connectivity index (χ2n) is 16.0. The molecule has 16 nitrogen and oxygen atoms in total. The minimum Gasteiger partial charge on any atom is -0.378 e. The number of amides is 4. The van der Waals surface area contributed by atoms with Gasteiger partial charge in [0.25, 0.3) is 5.91 Å². The van der Waals surface area contributed by atoms with Crippen molar-refractivity contribution in [2.24, 2.45) is 5.92 Å². The van der Waals surface area contributed by atoms with Gasteiger partial charge in [-0.2, -0.15) is 0 Å². The first kappa shape index (κ1) is 41.4. The van der Waals surface area contributed by atoms with Gasteiger partial charge in [0.15, 0.2) is 0 Å². The van der Waals surface area contributed by atoms with Gasteiger partial charge >= 0.3 is 0 Å². The van der Waals surface area contributed by atoms with Crippen molar-refractivity contribution >= 4 is 46.2 Å². The second kappa shape index (κ2) is 18.9. The number of anilines is 2. The maximum Gasteiger partial charge on any atom is 0.274 e. The Labute approximate surface area is 344 Å². The number of hydrogen-bond acceptors (Lipinski definition) is 11. The zero-order valence-corrected chi connectivity index (χ0v) is 34.2. The third-order valence-electron chi connectivity index (χ3n) is 11.2. The van der Waals surface area contributed by atoms with Crippen LogP contribution in [0.2, 0.25) is 0 Å². The SMILES string of the molecule is C=C(CN1CCN(C(=O)[C@@H](NC(C)=O)C(C)C)CC1)C(=O)N[C@@H]1CCCN(Cc2ccnc(C(=O)Nc3ccc(-c4cc5c(N6CCOCC6)ncnc5[nH]4)cc3)c2)C1. The number of benzene rings is 1. The number of ether oxygens (including phenoxy) is 1. The second-order valence-corrected chi connectivity index (χ2v) is 16.0. The molecule has 1 aromatic carbocycles. The van der Waals surface area contributed by atoms with Gasteiger partial charge in [0.1, 0.15) is 29.5 Å². The molecule has 7 rings (SSSR count). The van der Waals surface area contributed by atoms with Gasteiger partial charge < -0.3 is 35.5 Å². The number of hydrogen-bond donors (Lipinski definition) is 4. The summed E-state index contributed by atoms with van der Waals surface area (Å²) in [6.45, 7) is 17.2. The number of fused-ring (bicyclic) bond motifs is 1. The van der Waals surface area contributed by atoms with Crippen molar-refractivity contribution in [1.82, 2.24) is 45.3 Å². The van der Waals surface area contributed by atoms with Crippen LogP contribution < -0.4 is 20.9 Å². The van der Waals surface area contributed by atoms with Crippen LogP contribution in [0.25, 0.3) is 22.3 Å². The van der Waals surface area contributed by atoms with Gasteiger partial charge in [0.2, 0.25) is 17.7 Å². The summed E-state index contributed by atoms with van der Waals surface area (Å²) in [5.74, 6) is 0.130. The number of aromatic nitrogens is 4. The van der Waals surface area contributed by atoms with E-state index >= 15 is 0 Å². The first-order valence-electron chi connectivity index (χ1n) is 20.5. The van der Waals surface area contributed by atoms with Gasteiger partial charge in [-0.05, 0) is 66.8 Å². The molecule has 0 bridgehead atoms. The van der Waals surface area contributed by atoms with E-state index in [1.165, 1.54) is 6.92 Å². The molecule has 3 fully saturated rings. The van der Waals surface area contributed by atoms with Crippen LogP contribution in [0.15, 0.2) is 67.1 Å². The topological polar surface area (TPSA) is 181 Å². The zero-order valence-electron chi connectivity index (χ0n) is 34.2. The fourth-order valence-corrected chi connectivity index (χ4v) is 7.99. The molecule has 3 aromatic heterocycles. The largest absolute Gasteiger partial charge is 0.378 e. The highest BCUT2D eigenvalue weighted by molar-refractivity contribution is 6.03.